The van der Waals surface area contributed by atoms with Gasteiger partial charge in [-0.05, 0) is 12.1 Å². The number of carbonyl (C=O) groups is 1. The lowest BCUT2D eigenvalue weighted by molar-refractivity contribution is -0.184. The number of methoxy groups -OCH3 is 2. The molecule has 0 saturated carbocycles. The van der Waals surface area contributed by atoms with E-state index in [2.05, 4.69) is 10.6 Å². The second-order valence-corrected chi connectivity index (χ2v) is 5.97. The molecule has 0 radical (unpaired) electrons. The van der Waals surface area contributed by atoms with Crippen molar-refractivity contribution in [2.45, 2.75) is 18.6 Å². The number of alkyl halides is 3. The zero-order chi connectivity index (χ0) is 19.2. The van der Waals surface area contributed by atoms with E-state index in [4.69, 9.17) is 9.47 Å². The van der Waals surface area contributed by atoms with E-state index < -0.39 is 24.7 Å². The molecule has 1 unspecified atom stereocenters. The normalized spacial score (nSPS) is 16.8. The van der Waals surface area contributed by atoms with Crippen molar-refractivity contribution >= 4 is 5.91 Å². The second-order valence-electron chi connectivity index (χ2n) is 5.97. The number of rotatable bonds is 7. The van der Waals surface area contributed by atoms with Crippen LogP contribution in [0.1, 0.15) is 5.56 Å². The minimum atomic E-state index is -4.41. The van der Waals surface area contributed by atoms with Crippen LogP contribution in [0, 0.1) is 0 Å². The van der Waals surface area contributed by atoms with Crippen LogP contribution in [0.15, 0.2) is 18.2 Å². The highest BCUT2D eigenvalue weighted by Gasteiger charge is 2.43. The monoisotopic (exact) mass is 375 g/mol. The summed E-state index contributed by atoms with van der Waals surface area (Å²) in [6.45, 7) is 1.10. The second kappa shape index (κ2) is 9.09. The lowest BCUT2D eigenvalue weighted by atomic mass is 10.1. The van der Waals surface area contributed by atoms with Crippen LogP contribution in [0.4, 0.5) is 13.2 Å². The van der Waals surface area contributed by atoms with Crippen molar-refractivity contribution in [3.8, 4) is 11.5 Å². The molecule has 1 aromatic rings. The predicted octanol–water partition coefficient (Wildman–Crippen LogP) is 1.20. The molecule has 1 fully saturated rings. The van der Waals surface area contributed by atoms with Gasteiger partial charge in [-0.25, -0.2) is 0 Å². The number of nitrogens with zero attached hydrogens (tertiary/aromatic N) is 1. The molecule has 0 aromatic heterocycles. The molecule has 1 aromatic carbocycles. The van der Waals surface area contributed by atoms with Crippen LogP contribution in [-0.4, -0.2) is 70.0 Å². The van der Waals surface area contributed by atoms with E-state index >= 15 is 0 Å². The van der Waals surface area contributed by atoms with Crippen molar-refractivity contribution in [1.29, 1.82) is 0 Å². The fourth-order valence-corrected chi connectivity index (χ4v) is 2.98. The number of carbonyl (C=O) groups excluding carboxylic acids is 1. The number of hydrogen-bond acceptors (Lipinski definition) is 5. The molecule has 1 aliphatic rings. The van der Waals surface area contributed by atoms with E-state index in [1.807, 2.05) is 0 Å². The van der Waals surface area contributed by atoms with E-state index in [1.54, 1.807) is 18.2 Å². The molecular weight excluding hydrogens is 351 g/mol. The molecule has 1 amide bonds. The summed E-state index contributed by atoms with van der Waals surface area (Å²) in [7, 11) is 2.92. The molecule has 26 heavy (non-hydrogen) atoms. The first kappa shape index (κ1) is 20.3. The van der Waals surface area contributed by atoms with Gasteiger partial charge in [-0.2, -0.15) is 13.2 Å². The fourth-order valence-electron chi connectivity index (χ4n) is 2.98. The largest absolute Gasteiger partial charge is 0.496 e. The van der Waals surface area contributed by atoms with E-state index in [0.29, 0.717) is 43.2 Å². The Morgan fingerprint density at radius 1 is 1.23 bits per heavy atom. The highest BCUT2D eigenvalue weighted by Crippen LogP contribution is 2.29. The van der Waals surface area contributed by atoms with Gasteiger partial charge in [0, 0.05) is 38.3 Å². The molecule has 1 atom stereocenters. The van der Waals surface area contributed by atoms with Crippen LogP contribution in [0.3, 0.4) is 0 Å². The van der Waals surface area contributed by atoms with E-state index in [-0.39, 0.29) is 6.42 Å². The average Bonchev–Trinajstić information content (AvgIpc) is 2.61. The SMILES string of the molecule is COc1cccc(OC)c1CC(=O)NCC(N1CCNCC1)C(F)(F)F. The van der Waals surface area contributed by atoms with E-state index in [0.717, 1.165) is 0 Å². The van der Waals surface area contributed by atoms with Gasteiger partial charge in [0.25, 0.3) is 0 Å². The Hall–Kier alpha value is -2.00. The molecule has 0 aliphatic carbocycles. The van der Waals surface area contributed by atoms with Crippen LogP contribution in [0.5, 0.6) is 11.5 Å². The molecule has 2 N–H and O–H groups in total. The number of amides is 1. The van der Waals surface area contributed by atoms with Gasteiger partial charge in [-0.1, -0.05) is 6.07 Å². The first-order valence-electron chi connectivity index (χ1n) is 8.35. The molecule has 146 valence electrons. The highest BCUT2D eigenvalue weighted by atomic mass is 19.4. The number of ether oxygens (including phenoxy) is 2. The minimum Gasteiger partial charge on any atom is -0.496 e. The van der Waals surface area contributed by atoms with E-state index in [1.165, 1.54) is 19.1 Å². The third-order valence-electron chi connectivity index (χ3n) is 4.33. The van der Waals surface area contributed by atoms with Gasteiger partial charge >= 0.3 is 6.18 Å². The molecule has 9 heteroatoms. The zero-order valence-corrected chi connectivity index (χ0v) is 14.9. The van der Waals surface area contributed by atoms with Crippen molar-refractivity contribution in [3.63, 3.8) is 0 Å². The Bertz CT molecular complexity index is 582. The Labute approximate surface area is 150 Å². The Morgan fingerprint density at radius 2 is 1.81 bits per heavy atom. The summed E-state index contributed by atoms with van der Waals surface area (Å²) in [6.07, 6.45) is -4.54. The van der Waals surface area contributed by atoms with Gasteiger partial charge in [-0.3, -0.25) is 9.69 Å². The third kappa shape index (κ3) is 5.25. The number of halogens is 3. The highest BCUT2D eigenvalue weighted by molar-refractivity contribution is 5.80. The standard InChI is InChI=1S/C17H24F3N3O3/c1-25-13-4-3-5-14(26-2)12(13)10-16(24)22-11-15(17(18,19)20)23-8-6-21-7-9-23/h3-5,15,21H,6-11H2,1-2H3,(H,22,24). The number of piperazine rings is 1. The summed E-state index contributed by atoms with van der Waals surface area (Å²) in [5.74, 6) is 0.389. The minimum absolute atomic E-state index is 0.126. The van der Waals surface area contributed by atoms with Gasteiger partial charge in [-0.15, -0.1) is 0 Å². The van der Waals surface area contributed by atoms with Crippen molar-refractivity contribution in [3.05, 3.63) is 23.8 Å². The maximum Gasteiger partial charge on any atom is 0.405 e. The quantitative estimate of drug-likeness (QED) is 0.750. The fraction of sp³-hybridized carbons (Fsp3) is 0.588. The van der Waals surface area contributed by atoms with Gasteiger partial charge in [0.15, 0.2) is 0 Å². The Morgan fingerprint density at radius 3 is 2.31 bits per heavy atom. The predicted molar refractivity (Wildman–Crippen MR) is 90.5 cm³/mol. The van der Waals surface area contributed by atoms with E-state index in [9.17, 15) is 18.0 Å². The molecule has 2 rings (SSSR count). The van der Waals surface area contributed by atoms with Crippen molar-refractivity contribution in [1.82, 2.24) is 15.5 Å². The Kier molecular flexibility index (Phi) is 7.10. The van der Waals surface area contributed by atoms with Crippen molar-refractivity contribution < 1.29 is 27.4 Å². The molecule has 0 spiro atoms. The van der Waals surface area contributed by atoms with Crippen LogP contribution < -0.4 is 20.1 Å². The van der Waals surface area contributed by atoms with Gasteiger partial charge < -0.3 is 20.1 Å². The summed E-state index contributed by atoms with van der Waals surface area (Å²) in [4.78, 5) is 13.6. The smallest absolute Gasteiger partial charge is 0.405 e. The van der Waals surface area contributed by atoms with Crippen molar-refractivity contribution in [2.24, 2.45) is 0 Å². The topological polar surface area (TPSA) is 62.8 Å². The molecule has 1 aliphatic heterocycles. The van der Waals surface area contributed by atoms with Gasteiger partial charge in [0.1, 0.15) is 17.5 Å². The van der Waals surface area contributed by atoms with Crippen LogP contribution >= 0.6 is 0 Å². The summed E-state index contributed by atoms with van der Waals surface area (Å²) >= 11 is 0. The molecule has 1 heterocycles. The maximum atomic E-state index is 13.4. The molecule has 6 nitrogen and oxygen atoms in total. The first-order chi connectivity index (χ1) is 12.4. The van der Waals surface area contributed by atoms with Gasteiger partial charge in [0.05, 0.1) is 20.6 Å². The molecule has 0 bridgehead atoms. The first-order valence-corrected chi connectivity index (χ1v) is 8.35. The lowest BCUT2D eigenvalue weighted by Crippen LogP contribution is -2.57. The van der Waals surface area contributed by atoms with Gasteiger partial charge in [0.2, 0.25) is 5.91 Å². The zero-order valence-electron chi connectivity index (χ0n) is 14.9. The van der Waals surface area contributed by atoms with Crippen molar-refractivity contribution in [2.75, 3.05) is 46.9 Å². The summed E-state index contributed by atoms with van der Waals surface area (Å²) in [5, 5.41) is 5.43. The summed E-state index contributed by atoms with van der Waals surface area (Å²) < 4.78 is 50.5. The summed E-state index contributed by atoms with van der Waals surface area (Å²) in [6, 6.07) is 3.35. The third-order valence-corrected chi connectivity index (χ3v) is 4.33. The average molecular weight is 375 g/mol. The molecule has 1 saturated heterocycles. The number of nitrogens with one attached hydrogen (secondary N) is 2. The number of hydrogen-bond donors (Lipinski definition) is 2. The molecular formula is C17H24F3N3O3. The van der Waals surface area contributed by atoms with Crippen LogP contribution in [0.2, 0.25) is 0 Å². The maximum absolute atomic E-state index is 13.4. The van der Waals surface area contributed by atoms with Crippen LogP contribution in [0.25, 0.3) is 0 Å². The lowest BCUT2D eigenvalue weighted by Gasteiger charge is -2.35. The summed E-state index contributed by atoms with van der Waals surface area (Å²) in [5.41, 5.74) is 0.501. The number of benzene rings is 1. The Balaban J connectivity index is 2.02. The van der Waals surface area contributed by atoms with Crippen LogP contribution in [-0.2, 0) is 11.2 Å².